The summed E-state index contributed by atoms with van der Waals surface area (Å²) in [6, 6.07) is 3.68. The van der Waals surface area contributed by atoms with Crippen molar-refractivity contribution in [2.24, 2.45) is 0 Å². The molecule has 4 nitrogen and oxygen atoms in total. The van der Waals surface area contributed by atoms with Crippen LogP contribution in [0.2, 0.25) is 0 Å². The highest BCUT2D eigenvalue weighted by molar-refractivity contribution is 7.89. The fraction of sp³-hybridized carbons (Fsp3) is 0.600. The molecule has 1 aromatic carbocycles. The molecule has 0 spiro atoms. The minimum absolute atomic E-state index is 0.487. The summed E-state index contributed by atoms with van der Waals surface area (Å²) in [6.07, 6.45) is 2.65. The van der Waals surface area contributed by atoms with E-state index in [2.05, 4.69) is 5.32 Å². The predicted octanol–water partition coefficient (Wildman–Crippen LogP) is 2.77. The highest BCUT2D eigenvalue weighted by Gasteiger charge is 2.28. The monoisotopic (exact) mass is 296 g/mol. The minimum Gasteiger partial charge on any atom is -0.385 e. The Balaban J connectivity index is 2.52. The zero-order valence-electron chi connectivity index (χ0n) is 12.6. The van der Waals surface area contributed by atoms with E-state index in [0.717, 1.165) is 42.6 Å². The third-order valence-electron chi connectivity index (χ3n) is 3.83. The Morgan fingerprint density at radius 2 is 2.05 bits per heavy atom. The molecule has 0 bridgehead atoms. The van der Waals surface area contributed by atoms with Gasteiger partial charge in [-0.25, -0.2) is 8.42 Å². The van der Waals surface area contributed by atoms with Crippen LogP contribution in [0.15, 0.2) is 17.0 Å². The van der Waals surface area contributed by atoms with Crippen molar-refractivity contribution in [2.45, 2.75) is 44.9 Å². The molecule has 1 N–H and O–H groups in total. The fourth-order valence-electron chi connectivity index (χ4n) is 2.80. The van der Waals surface area contributed by atoms with Gasteiger partial charge in [0.2, 0.25) is 10.0 Å². The van der Waals surface area contributed by atoms with Crippen LogP contribution in [-0.4, -0.2) is 32.4 Å². The highest BCUT2D eigenvalue weighted by atomic mass is 32.2. The molecule has 1 aliphatic heterocycles. The van der Waals surface area contributed by atoms with Gasteiger partial charge in [-0.05, 0) is 43.4 Å². The standard InChI is InChI=1S/C15H24N2O2S/c1-4-11-17(5-2)20(18,19)14-9-8-12(3)15-13(14)7-6-10-16-15/h8-9,16H,4-7,10-11H2,1-3H3. The molecule has 0 radical (unpaired) electrons. The molecule has 1 aliphatic rings. The maximum absolute atomic E-state index is 12.8. The van der Waals surface area contributed by atoms with Crippen molar-refractivity contribution >= 4 is 15.7 Å². The molecule has 2 rings (SSSR count). The van der Waals surface area contributed by atoms with Crippen LogP contribution in [0.4, 0.5) is 5.69 Å². The lowest BCUT2D eigenvalue weighted by molar-refractivity contribution is 0.426. The molecule has 0 saturated heterocycles. The first kappa shape index (κ1) is 15.3. The molecule has 1 aromatic rings. The topological polar surface area (TPSA) is 49.4 Å². The van der Waals surface area contributed by atoms with E-state index in [1.54, 1.807) is 10.4 Å². The Morgan fingerprint density at radius 1 is 1.30 bits per heavy atom. The van der Waals surface area contributed by atoms with Crippen molar-refractivity contribution < 1.29 is 8.42 Å². The van der Waals surface area contributed by atoms with Gasteiger partial charge in [-0.1, -0.05) is 19.9 Å². The first-order chi connectivity index (χ1) is 9.52. The van der Waals surface area contributed by atoms with Gasteiger partial charge in [0.15, 0.2) is 0 Å². The van der Waals surface area contributed by atoms with Crippen molar-refractivity contribution in [1.82, 2.24) is 4.31 Å². The Labute approximate surface area is 122 Å². The van der Waals surface area contributed by atoms with E-state index in [4.69, 9.17) is 0 Å². The average Bonchev–Trinajstić information content (AvgIpc) is 2.45. The summed E-state index contributed by atoms with van der Waals surface area (Å²) in [6.45, 7) is 7.94. The molecule has 0 amide bonds. The van der Waals surface area contributed by atoms with E-state index in [-0.39, 0.29) is 0 Å². The van der Waals surface area contributed by atoms with Crippen LogP contribution in [0, 0.1) is 6.92 Å². The number of hydrogen-bond acceptors (Lipinski definition) is 3. The second kappa shape index (κ2) is 6.14. The number of nitrogens with zero attached hydrogens (tertiary/aromatic N) is 1. The lowest BCUT2D eigenvalue weighted by Gasteiger charge is -2.26. The van der Waals surface area contributed by atoms with E-state index in [9.17, 15) is 8.42 Å². The predicted molar refractivity (Wildman–Crippen MR) is 82.7 cm³/mol. The zero-order chi connectivity index (χ0) is 14.8. The number of fused-ring (bicyclic) bond motifs is 1. The molecule has 112 valence electrons. The van der Waals surface area contributed by atoms with Crippen LogP contribution < -0.4 is 5.32 Å². The van der Waals surface area contributed by atoms with Gasteiger partial charge in [0.1, 0.15) is 0 Å². The third kappa shape index (κ3) is 2.69. The maximum atomic E-state index is 12.8. The van der Waals surface area contributed by atoms with E-state index in [1.165, 1.54) is 0 Å². The zero-order valence-corrected chi connectivity index (χ0v) is 13.4. The van der Waals surface area contributed by atoms with Gasteiger partial charge < -0.3 is 5.32 Å². The van der Waals surface area contributed by atoms with Gasteiger partial charge in [0.05, 0.1) is 4.90 Å². The van der Waals surface area contributed by atoms with Gasteiger partial charge in [-0.2, -0.15) is 4.31 Å². The fourth-order valence-corrected chi connectivity index (χ4v) is 4.59. The normalized spacial score (nSPS) is 15.0. The molecule has 0 unspecified atom stereocenters. The molecule has 1 heterocycles. The third-order valence-corrected chi connectivity index (χ3v) is 5.89. The van der Waals surface area contributed by atoms with E-state index in [0.29, 0.717) is 18.0 Å². The van der Waals surface area contributed by atoms with Crippen LogP contribution in [0.1, 0.15) is 37.8 Å². The second-order valence-electron chi connectivity index (χ2n) is 5.26. The smallest absolute Gasteiger partial charge is 0.243 e. The Kier molecular flexibility index (Phi) is 4.70. The lowest BCUT2D eigenvalue weighted by Crippen LogP contribution is -2.33. The highest BCUT2D eigenvalue weighted by Crippen LogP contribution is 2.33. The Morgan fingerprint density at radius 3 is 2.70 bits per heavy atom. The van der Waals surface area contributed by atoms with Crippen LogP contribution in [0.3, 0.4) is 0 Å². The first-order valence-electron chi connectivity index (χ1n) is 7.38. The van der Waals surface area contributed by atoms with E-state index in [1.807, 2.05) is 26.8 Å². The van der Waals surface area contributed by atoms with Crippen molar-refractivity contribution in [3.63, 3.8) is 0 Å². The molecule has 0 aliphatic carbocycles. The summed E-state index contributed by atoms with van der Waals surface area (Å²) in [5, 5.41) is 3.35. The van der Waals surface area contributed by atoms with Crippen LogP contribution in [-0.2, 0) is 16.4 Å². The largest absolute Gasteiger partial charge is 0.385 e. The van der Waals surface area contributed by atoms with Crippen molar-refractivity contribution in [3.8, 4) is 0 Å². The van der Waals surface area contributed by atoms with Crippen LogP contribution in [0.25, 0.3) is 0 Å². The van der Waals surface area contributed by atoms with Gasteiger partial charge in [-0.3, -0.25) is 0 Å². The molecule has 0 aromatic heterocycles. The minimum atomic E-state index is -3.38. The molecule has 0 atom stereocenters. The summed E-state index contributed by atoms with van der Waals surface area (Å²) >= 11 is 0. The van der Waals surface area contributed by atoms with Gasteiger partial charge in [0, 0.05) is 25.3 Å². The van der Waals surface area contributed by atoms with Gasteiger partial charge >= 0.3 is 0 Å². The summed E-state index contributed by atoms with van der Waals surface area (Å²) in [5.41, 5.74) is 3.10. The van der Waals surface area contributed by atoms with Crippen molar-refractivity contribution in [2.75, 3.05) is 25.0 Å². The van der Waals surface area contributed by atoms with Gasteiger partial charge in [0.25, 0.3) is 0 Å². The first-order valence-corrected chi connectivity index (χ1v) is 8.82. The summed E-state index contributed by atoms with van der Waals surface area (Å²) < 4.78 is 27.2. The Bertz CT molecular complexity index is 582. The second-order valence-corrected chi connectivity index (χ2v) is 7.17. The van der Waals surface area contributed by atoms with Gasteiger partial charge in [-0.15, -0.1) is 0 Å². The molecule has 20 heavy (non-hydrogen) atoms. The average molecular weight is 296 g/mol. The number of benzene rings is 1. The summed E-state index contributed by atoms with van der Waals surface area (Å²) in [7, 11) is -3.38. The molecule has 5 heteroatoms. The molecule has 0 saturated carbocycles. The Hall–Kier alpha value is -1.07. The lowest BCUT2D eigenvalue weighted by atomic mass is 10.00. The SMILES string of the molecule is CCCN(CC)S(=O)(=O)c1ccc(C)c2c1CCCN2. The van der Waals surface area contributed by atoms with E-state index >= 15 is 0 Å². The van der Waals surface area contributed by atoms with Crippen molar-refractivity contribution in [3.05, 3.63) is 23.3 Å². The molecular weight excluding hydrogens is 272 g/mol. The number of sulfonamides is 1. The summed E-state index contributed by atoms with van der Waals surface area (Å²) in [5.74, 6) is 0. The maximum Gasteiger partial charge on any atom is 0.243 e. The number of rotatable bonds is 5. The quantitative estimate of drug-likeness (QED) is 0.909. The number of aryl methyl sites for hydroxylation is 1. The van der Waals surface area contributed by atoms with Crippen LogP contribution in [0.5, 0.6) is 0 Å². The van der Waals surface area contributed by atoms with Crippen LogP contribution >= 0.6 is 0 Å². The van der Waals surface area contributed by atoms with E-state index < -0.39 is 10.0 Å². The molecule has 0 fully saturated rings. The number of nitrogens with one attached hydrogen (secondary N) is 1. The molecular formula is C15H24N2O2S. The number of hydrogen-bond donors (Lipinski definition) is 1. The number of anilines is 1. The summed E-state index contributed by atoms with van der Waals surface area (Å²) in [4.78, 5) is 0.487. The van der Waals surface area contributed by atoms with Crippen molar-refractivity contribution in [1.29, 1.82) is 0 Å².